The summed E-state index contributed by atoms with van der Waals surface area (Å²) < 4.78 is 7.85. The lowest BCUT2D eigenvalue weighted by molar-refractivity contribution is -0.118. The van der Waals surface area contributed by atoms with Crippen LogP contribution in [0.3, 0.4) is 0 Å². The fraction of sp³-hybridized carbons (Fsp3) is 0.440. The third-order valence-electron chi connectivity index (χ3n) is 6.03. The summed E-state index contributed by atoms with van der Waals surface area (Å²) in [5, 5.41) is 3.39. The number of rotatable bonds is 9. The van der Waals surface area contributed by atoms with E-state index in [0.29, 0.717) is 16.5 Å². The zero-order chi connectivity index (χ0) is 23.2. The molecule has 0 aliphatic carbocycles. The molecule has 8 heteroatoms. The zero-order valence-electron chi connectivity index (χ0n) is 19.4. The normalized spacial score (nSPS) is 15.1. The Bertz CT molecular complexity index is 1090. The van der Waals surface area contributed by atoms with Crippen molar-refractivity contribution in [2.75, 3.05) is 44.6 Å². The maximum atomic E-state index is 12.4. The van der Waals surface area contributed by atoms with Crippen molar-refractivity contribution in [2.45, 2.75) is 33.4 Å². The Kier molecular flexibility index (Phi) is 7.85. The first-order chi connectivity index (χ1) is 16.1. The number of halogens is 1. The molecule has 1 saturated heterocycles. The lowest BCUT2D eigenvalue weighted by Crippen LogP contribution is -2.45. The van der Waals surface area contributed by atoms with Crippen molar-refractivity contribution in [3.63, 3.8) is 0 Å². The first-order valence-electron chi connectivity index (χ1n) is 11.7. The van der Waals surface area contributed by atoms with Crippen molar-refractivity contribution in [1.29, 1.82) is 0 Å². The Hall–Kier alpha value is -2.61. The molecule has 1 fully saturated rings. The molecule has 1 aliphatic rings. The van der Waals surface area contributed by atoms with E-state index in [-0.39, 0.29) is 12.5 Å². The van der Waals surface area contributed by atoms with E-state index in [2.05, 4.69) is 33.5 Å². The van der Waals surface area contributed by atoms with E-state index in [1.165, 1.54) is 0 Å². The molecule has 2 aromatic carbocycles. The van der Waals surface area contributed by atoms with Gasteiger partial charge in [0.25, 0.3) is 5.91 Å². The van der Waals surface area contributed by atoms with Crippen molar-refractivity contribution in [2.24, 2.45) is 0 Å². The number of likely N-dealkylation sites (N-methyl/N-ethyl adjacent to an activating group) is 1. The Labute approximate surface area is 200 Å². The summed E-state index contributed by atoms with van der Waals surface area (Å²) in [6.07, 6.45) is 1.04. The quantitative estimate of drug-likeness (QED) is 0.507. The number of imidazole rings is 1. The van der Waals surface area contributed by atoms with E-state index in [9.17, 15) is 4.79 Å². The smallest absolute Gasteiger partial charge is 0.262 e. The number of ether oxygens (including phenoxy) is 1. The second kappa shape index (κ2) is 11.0. The minimum absolute atomic E-state index is 0.110. The molecule has 3 aromatic rings. The number of aryl methyl sites for hydroxylation is 1. The van der Waals surface area contributed by atoms with Crippen molar-refractivity contribution in [1.82, 2.24) is 19.4 Å². The average Bonchev–Trinajstić information content (AvgIpc) is 3.15. The molecule has 2 heterocycles. The molecule has 1 aromatic heterocycles. The van der Waals surface area contributed by atoms with Gasteiger partial charge in [0.2, 0.25) is 0 Å². The number of hydrogen-bond donors (Lipinski definition) is 1. The Morgan fingerprint density at radius 1 is 1.09 bits per heavy atom. The van der Waals surface area contributed by atoms with Crippen molar-refractivity contribution in [3.05, 3.63) is 53.3 Å². The highest BCUT2D eigenvalue weighted by atomic mass is 35.5. The third-order valence-corrected chi connectivity index (χ3v) is 6.34. The second-order valence-electron chi connectivity index (χ2n) is 8.36. The van der Waals surface area contributed by atoms with Gasteiger partial charge in [-0.1, -0.05) is 37.6 Å². The molecule has 33 heavy (non-hydrogen) atoms. The number of amides is 1. The molecule has 176 valence electrons. The summed E-state index contributed by atoms with van der Waals surface area (Å²) in [5.74, 6) is 1.34. The Morgan fingerprint density at radius 2 is 1.85 bits per heavy atom. The summed E-state index contributed by atoms with van der Waals surface area (Å²) in [7, 11) is 0. The van der Waals surface area contributed by atoms with Crippen LogP contribution in [-0.4, -0.2) is 64.6 Å². The van der Waals surface area contributed by atoms with Crippen molar-refractivity contribution < 1.29 is 9.53 Å². The highest BCUT2D eigenvalue weighted by molar-refractivity contribution is 6.32. The van der Waals surface area contributed by atoms with Crippen LogP contribution in [0.4, 0.5) is 5.69 Å². The number of anilines is 1. The molecule has 0 bridgehead atoms. The maximum absolute atomic E-state index is 12.4. The number of aromatic nitrogens is 2. The number of hydrogen-bond acceptors (Lipinski definition) is 5. The van der Waals surface area contributed by atoms with Gasteiger partial charge in [-0.25, -0.2) is 4.98 Å². The van der Waals surface area contributed by atoms with Crippen LogP contribution in [0.1, 0.15) is 26.1 Å². The molecular formula is C25H32ClN5O2. The van der Waals surface area contributed by atoms with E-state index in [0.717, 1.165) is 69.1 Å². The van der Waals surface area contributed by atoms with Gasteiger partial charge in [0.05, 0.1) is 22.6 Å². The summed E-state index contributed by atoms with van der Waals surface area (Å²) in [4.78, 5) is 22.3. The van der Waals surface area contributed by atoms with Crippen LogP contribution in [0, 0.1) is 0 Å². The third kappa shape index (κ3) is 5.85. The summed E-state index contributed by atoms with van der Waals surface area (Å²) >= 11 is 6.09. The predicted octanol–water partition coefficient (Wildman–Crippen LogP) is 4.25. The largest absolute Gasteiger partial charge is 0.482 e. The number of carbonyl (C=O) groups is 1. The van der Waals surface area contributed by atoms with Gasteiger partial charge in [-0.2, -0.15) is 0 Å². The monoisotopic (exact) mass is 469 g/mol. The van der Waals surface area contributed by atoms with E-state index in [1.54, 1.807) is 12.1 Å². The fourth-order valence-electron chi connectivity index (χ4n) is 4.22. The molecule has 7 nitrogen and oxygen atoms in total. The Balaban J connectivity index is 1.44. The number of nitrogens with one attached hydrogen (secondary N) is 1. The van der Waals surface area contributed by atoms with Gasteiger partial charge in [-0.05, 0) is 43.3 Å². The van der Waals surface area contributed by atoms with Crippen LogP contribution in [0.2, 0.25) is 5.02 Å². The second-order valence-corrected chi connectivity index (χ2v) is 8.77. The highest BCUT2D eigenvalue weighted by Crippen LogP contribution is 2.24. The molecule has 0 atom stereocenters. The number of nitrogens with zero attached hydrogens (tertiary/aromatic N) is 4. The first kappa shape index (κ1) is 23.5. The van der Waals surface area contributed by atoms with E-state index >= 15 is 0 Å². The number of carbonyl (C=O) groups excluding carboxylic acids is 1. The highest BCUT2D eigenvalue weighted by Gasteiger charge is 2.19. The van der Waals surface area contributed by atoms with Gasteiger partial charge >= 0.3 is 0 Å². The van der Waals surface area contributed by atoms with Gasteiger partial charge in [-0.15, -0.1) is 0 Å². The van der Waals surface area contributed by atoms with Crippen LogP contribution in [0.25, 0.3) is 11.0 Å². The zero-order valence-corrected chi connectivity index (χ0v) is 20.1. The van der Waals surface area contributed by atoms with E-state index < -0.39 is 0 Å². The van der Waals surface area contributed by atoms with Gasteiger partial charge in [-0.3, -0.25) is 9.69 Å². The minimum Gasteiger partial charge on any atom is -0.482 e. The summed E-state index contributed by atoms with van der Waals surface area (Å²) in [6.45, 7) is 11.5. The number of para-hydroxylation sites is 1. The number of piperazine rings is 1. The van der Waals surface area contributed by atoms with E-state index in [1.807, 2.05) is 30.3 Å². The molecule has 4 rings (SSSR count). The number of benzene rings is 2. The lowest BCUT2D eigenvalue weighted by Gasteiger charge is -2.33. The topological polar surface area (TPSA) is 62.6 Å². The van der Waals surface area contributed by atoms with Crippen LogP contribution in [0.15, 0.2) is 42.5 Å². The van der Waals surface area contributed by atoms with Gasteiger partial charge in [0, 0.05) is 38.4 Å². The van der Waals surface area contributed by atoms with Crippen LogP contribution < -0.4 is 10.1 Å². The lowest BCUT2D eigenvalue weighted by atomic mass is 10.2. The van der Waals surface area contributed by atoms with Gasteiger partial charge in [0.1, 0.15) is 11.6 Å². The van der Waals surface area contributed by atoms with Gasteiger partial charge in [0.15, 0.2) is 6.61 Å². The first-order valence-corrected chi connectivity index (χ1v) is 12.1. The molecule has 0 radical (unpaired) electrons. The summed E-state index contributed by atoms with van der Waals surface area (Å²) in [6, 6.07) is 13.0. The van der Waals surface area contributed by atoms with Gasteiger partial charge < -0.3 is 19.5 Å². The Morgan fingerprint density at radius 3 is 2.58 bits per heavy atom. The standard InChI is InChI=1S/C25H32ClN5O2/c1-3-11-31-22-10-9-19(27-25(32)18-33-23-8-6-5-7-20(23)26)16-21(22)28-24(31)17-30-14-12-29(4-2)13-15-30/h5-10,16H,3-4,11-15,17-18H2,1-2H3,(H,27,32). The molecule has 0 spiro atoms. The summed E-state index contributed by atoms with van der Waals surface area (Å²) in [5.41, 5.74) is 2.71. The maximum Gasteiger partial charge on any atom is 0.262 e. The van der Waals surface area contributed by atoms with Crippen LogP contribution in [0.5, 0.6) is 5.75 Å². The molecule has 1 N–H and O–H groups in total. The van der Waals surface area contributed by atoms with Crippen LogP contribution >= 0.6 is 11.6 Å². The predicted molar refractivity (Wildman–Crippen MR) is 133 cm³/mol. The van der Waals surface area contributed by atoms with Crippen molar-refractivity contribution >= 4 is 34.2 Å². The molecule has 0 saturated carbocycles. The SMILES string of the molecule is CCCn1c(CN2CCN(CC)CC2)nc2cc(NC(=O)COc3ccccc3Cl)ccc21. The van der Waals surface area contributed by atoms with E-state index in [4.69, 9.17) is 21.3 Å². The molecule has 1 amide bonds. The fourth-order valence-corrected chi connectivity index (χ4v) is 4.41. The van der Waals surface area contributed by atoms with Crippen molar-refractivity contribution in [3.8, 4) is 5.75 Å². The minimum atomic E-state index is -0.240. The number of fused-ring (bicyclic) bond motifs is 1. The molecular weight excluding hydrogens is 438 g/mol. The molecule has 1 aliphatic heterocycles. The molecule has 0 unspecified atom stereocenters. The average molecular weight is 470 g/mol. The van der Waals surface area contributed by atoms with Crippen LogP contribution in [-0.2, 0) is 17.9 Å².